The molecular weight excluding hydrogens is 466 g/mol. The van der Waals surface area contributed by atoms with E-state index in [1.54, 1.807) is 30.3 Å². The van der Waals surface area contributed by atoms with E-state index in [0.29, 0.717) is 28.3 Å². The molecule has 0 spiro atoms. The average molecular weight is 487 g/mol. The van der Waals surface area contributed by atoms with E-state index < -0.39 is 23.8 Å². The van der Waals surface area contributed by atoms with E-state index >= 15 is 0 Å². The minimum atomic E-state index is -0.855. The van der Waals surface area contributed by atoms with Crippen molar-refractivity contribution in [2.45, 2.75) is 13.8 Å². The standard InChI is InChI=1S/C26H21N3O7/c1-14-9-17(15(2)28(14)18-6-4-5-16(10-18)25(32)34-3)11-20-23(30)27-26(33)29(24(20)31)19-7-8-21-22(12-19)36-13-35-21/h4-12H,13H2,1-3H3,(H,27,30,33)/b20-11+. The van der Waals surface area contributed by atoms with Crippen LogP contribution in [-0.4, -0.2) is 42.3 Å². The topological polar surface area (TPSA) is 116 Å². The predicted octanol–water partition coefficient (Wildman–Crippen LogP) is 3.28. The smallest absolute Gasteiger partial charge is 0.337 e. The Kier molecular flexibility index (Phi) is 5.56. The lowest BCUT2D eigenvalue weighted by Gasteiger charge is -2.26. The largest absolute Gasteiger partial charge is 0.465 e. The third-order valence-corrected chi connectivity index (χ3v) is 6.01. The van der Waals surface area contributed by atoms with E-state index in [-0.39, 0.29) is 18.1 Å². The number of benzene rings is 2. The van der Waals surface area contributed by atoms with Crippen molar-refractivity contribution >= 4 is 35.6 Å². The number of carbonyl (C=O) groups excluding carboxylic acids is 4. The highest BCUT2D eigenvalue weighted by Crippen LogP contribution is 2.36. The van der Waals surface area contributed by atoms with E-state index in [0.717, 1.165) is 16.3 Å². The molecule has 3 aromatic rings. The molecule has 2 aliphatic rings. The van der Waals surface area contributed by atoms with E-state index in [9.17, 15) is 19.2 Å². The van der Waals surface area contributed by atoms with Crippen LogP contribution in [0.4, 0.5) is 10.5 Å². The highest BCUT2D eigenvalue weighted by atomic mass is 16.7. The number of barbiturate groups is 1. The summed E-state index contributed by atoms with van der Waals surface area (Å²) in [6.07, 6.45) is 1.45. The van der Waals surface area contributed by atoms with E-state index in [1.807, 2.05) is 30.5 Å². The fourth-order valence-corrected chi connectivity index (χ4v) is 4.29. The lowest BCUT2D eigenvalue weighted by atomic mass is 10.1. The summed E-state index contributed by atoms with van der Waals surface area (Å²) in [5, 5.41) is 2.22. The second kappa shape index (κ2) is 8.73. The molecule has 36 heavy (non-hydrogen) atoms. The number of anilines is 1. The Hall–Kier alpha value is -4.86. The Balaban J connectivity index is 1.53. The summed E-state index contributed by atoms with van der Waals surface area (Å²) in [4.78, 5) is 51.4. The summed E-state index contributed by atoms with van der Waals surface area (Å²) in [6.45, 7) is 3.74. The molecule has 1 fully saturated rings. The number of ether oxygens (including phenoxy) is 3. The average Bonchev–Trinajstić information content (AvgIpc) is 3.44. The number of esters is 1. The number of rotatable bonds is 4. The van der Waals surface area contributed by atoms with Gasteiger partial charge >= 0.3 is 12.0 Å². The summed E-state index contributed by atoms with van der Waals surface area (Å²) in [6, 6.07) is 12.5. The quantitative estimate of drug-likeness (QED) is 0.341. The first-order valence-electron chi connectivity index (χ1n) is 11.0. The molecule has 2 aliphatic heterocycles. The Morgan fingerprint density at radius 3 is 2.56 bits per heavy atom. The van der Waals surface area contributed by atoms with Crippen LogP contribution in [0.5, 0.6) is 11.5 Å². The Labute approximate surface area is 205 Å². The molecule has 0 aliphatic carbocycles. The van der Waals surface area contributed by atoms with Gasteiger partial charge in [0.25, 0.3) is 11.8 Å². The summed E-state index contributed by atoms with van der Waals surface area (Å²) in [5.74, 6) is -1.12. The number of hydrogen-bond donors (Lipinski definition) is 1. The summed E-state index contributed by atoms with van der Waals surface area (Å²) in [5.41, 5.74) is 3.30. The second-order valence-corrected chi connectivity index (χ2v) is 8.20. The zero-order valence-electron chi connectivity index (χ0n) is 19.7. The third-order valence-electron chi connectivity index (χ3n) is 6.01. The van der Waals surface area contributed by atoms with Crippen LogP contribution in [0.25, 0.3) is 11.8 Å². The van der Waals surface area contributed by atoms with Crippen molar-refractivity contribution in [2.24, 2.45) is 0 Å². The number of methoxy groups -OCH3 is 1. The molecule has 0 radical (unpaired) electrons. The van der Waals surface area contributed by atoms with Gasteiger partial charge < -0.3 is 18.8 Å². The van der Waals surface area contributed by atoms with Crippen LogP contribution in [0.15, 0.2) is 54.1 Å². The molecule has 10 heteroatoms. The fourth-order valence-electron chi connectivity index (χ4n) is 4.29. The molecule has 0 unspecified atom stereocenters. The first-order chi connectivity index (χ1) is 17.3. The number of nitrogens with one attached hydrogen (secondary N) is 1. The zero-order chi connectivity index (χ0) is 25.6. The van der Waals surface area contributed by atoms with E-state index in [2.05, 4.69) is 5.32 Å². The van der Waals surface area contributed by atoms with E-state index in [1.165, 1.54) is 19.3 Å². The molecule has 182 valence electrons. The first kappa shape index (κ1) is 22.9. The van der Waals surface area contributed by atoms with Crippen molar-refractivity contribution in [1.29, 1.82) is 0 Å². The maximum Gasteiger partial charge on any atom is 0.337 e. The van der Waals surface area contributed by atoms with E-state index in [4.69, 9.17) is 14.2 Å². The molecule has 4 amide bonds. The molecule has 10 nitrogen and oxygen atoms in total. The molecule has 0 bridgehead atoms. The summed E-state index contributed by atoms with van der Waals surface area (Å²) in [7, 11) is 1.31. The van der Waals surface area contributed by atoms with Crippen LogP contribution < -0.4 is 19.7 Å². The molecule has 5 rings (SSSR count). The second-order valence-electron chi connectivity index (χ2n) is 8.20. The number of aromatic nitrogens is 1. The number of amides is 4. The third kappa shape index (κ3) is 3.78. The van der Waals surface area contributed by atoms with Crippen LogP contribution in [0.1, 0.15) is 27.3 Å². The van der Waals surface area contributed by atoms with Crippen molar-refractivity contribution in [2.75, 3.05) is 18.8 Å². The number of imide groups is 2. The summed E-state index contributed by atoms with van der Waals surface area (Å²) < 4.78 is 17.3. The van der Waals surface area contributed by atoms with Crippen LogP contribution in [0.2, 0.25) is 0 Å². The van der Waals surface area contributed by atoms with Gasteiger partial charge in [-0.15, -0.1) is 0 Å². The van der Waals surface area contributed by atoms with Gasteiger partial charge in [-0.3, -0.25) is 14.9 Å². The number of fused-ring (bicyclic) bond motifs is 1. The predicted molar refractivity (Wildman–Crippen MR) is 128 cm³/mol. The fraction of sp³-hybridized carbons (Fsp3) is 0.154. The first-order valence-corrected chi connectivity index (χ1v) is 11.0. The molecule has 3 heterocycles. The number of hydrogen-bond acceptors (Lipinski definition) is 7. The monoisotopic (exact) mass is 487 g/mol. The number of nitrogens with zero attached hydrogens (tertiary/aromatic N) is 2. The molecule has 1 saturated heterocycles. The van der Waals surface area contributed by atoms with Gasteiger partial charge in [0.2, 0.25) is 6.79 Å². The maximum atomic E-state index is 13.3. The number of aryl methyl sites for hydroxylation is 1. The highest BCUT2D eigenvalue weighted by Gasteiger charge is 2.37. The van der Waals surface area contributed by atoms with Crippen molar-refractivity contribution in [3.8, 4) is 17.2 Å². The molecular formula is C26H21N3O7. The highest BCUT2D eigenvalue weighted by molar-refractivity contribution is 6.39. The van der Waals surface area contributed by atoms with Crippen molar-refractivity contribution < 1.29 is 33.4 Å². The molecule has 0 atom stereocenters. The molecule has 2 aromatic carbocycles. The number of carbonyl (C=O) groups is 4. The van der Waals surface area contributed by atoms with Crippen LogP contribution in [0.3, 0.4) is 0 Å². The molecule has 1 N–H and O–H groups in total. The van der Waals surface area contributed by atoms with Crippen LogP contribution >= 0.6 is 0 Å². The van der Waals surface area contributed by atoms with Crippen molar-refractivity contribution in [1.82, 2.24) is 9.88 Å². The van der Waals surface area contributed by atoms with Gasteiger partial charge in [0.15, 0.2) is 11.5 Å². The van der Waals surface area contributed by atoms with Gasteiger partial charge in [0, 0.05) is 23.1 Å². The van der Waals surface area contributed by atoms with Gasteiger partial charge in [-0.05, 0) is 61.9 Å². The Morgan fingerprint density at radius 2 is 1.78 bits per heavy atom. The van der Waals surface area contributed by atoms with Crippen LogP contribution in [-0.2, 0) is 14.3 Å². The van der Waals surface area contributed by atoms with Gasteiger partial charge in [0.05, 0.1) is 18.4 Å². The van der Waals surface area contributed by atoms with Crippen molar-refractivity contribution in [3.63, 3.8) is 0 Å². The summed E-state index contributed by atoms with van der Waals surface area (Å²) >= 11 is 0. The maximum absolute atomic E-state index is 13.3. The SMILES string of the molecule is COC(=O)c1cccc(-n2c(C)cc(/C=C3\C(=O)NC(=O)N(c4ccc5c(c4)OCO5)C3=O)c2C)c1. The van der Waals surface area contributed by atoms with Gasteiger partial charge in [-0.1, -0.05) is 6.07 Å². The number of urea groups is 1. The normalized spacial score (nSPS) is 15.9. The lowest BCUT2D eigenvalue weighted by molar-refractivity contribution is -0.122. The minimum Gasteiger partial charge on any atom is -0.465 e. The van der Waals surface area contributed by atoms with Gasteiger partial charge in [0.1, 0.15) is 5.57 Å². The molecule has 0 saturated carbocycles. The minimum absolute atomic E-state index is 0.0424. The van der Waals surface area contributed by atoms with Crippen molar-refractivity contribution in [3.05, 3.63) is 76.6 Å². The zero-order valence-corrected chi connectivity index (χ0v) is 19.7. The Morgan fingerprint density at radius 1 is 1.00 bits per heavy atom. The van der Waals surface area contributed by atoms with Crippen LogP contribution in [0, 0.1) is 13.8 Å². The van der Waals surface area contributed by atoms with Gasteiger partial charge in [-0.25, -0.2) is 14.5 Å². The molecule has 1 aromatic heterocycles. The lowest BCUT2D eigenvalue weighted by Crippen LogP contribution is -2.54. The van der Waals surface area contributed by atoms with Gasteiger partial charge in [-0.2, -0.15) is 0 Å². The Bertz CT molecular complexity index is 1480.